The zero-order valence-corrected chi connectivity index (χ0v) is 36.7. The second kappa shape index (κ2) is 38.0. The van der Waals surface area contributed by atoms with Crippen molar-refractivity contribution < 1.29 is 37.3 Å². The van der Waals surface area contributed by atoms with Gasteiger partial charge in [0.2, 0.25) is 0 Å². The van der Waals surface area contributed by atoms with Crippen LogP contribution in [-0.4, -0.2) is 69.0 Å². The number of allylic oxidation sites excluding steroid dienone is 1. The maximum atomic E-state index is 12.7. The normalized spacial score (nSPS) is 13.8. The number of carbonyl (C=O) groups excluding carboxylic acids is 1. The molecule has 0 aromatic heterocycles. The van der Waals surface area contributed by atoms with E-state index in [9.17, 15) is 14.3 Å². The first kappa shape index (κ1) is 52.1. The Morgan fingerprint density at radius 2 is 0.981 bits per heavy atom. The molecule has 53 heavy (non-hydrogen) atoms. The van der Waals surface area contributed by atoms with Crippen LogP contribution in [0.4, 0.5) is 0 Å². The van der Waals surface area contributed by atoms with E-state index >= 15 is 0 Å². The molecular formula is C44H89NO7P+. The topological polar surface area (TPSA) is 91.3 Å². The van der Waals surface area contributed by atoms with Gasteiger partial charge in [-0.15, -0.1) is 0 Å². The van der Waals surface area contributed by atoms with E-state index < -0.39 is 13.9 Å². The number of ether oxygens (including phenoxy) is 2. The van der Waals surface area contributed by atoms with Crippen molar-refractivity contribution in [1.29, 1.82) is 0 Å². The number of esters is 1. The fourth-order valence-electron chi connectivity index (χ4n) is 6.40. The van der Waals surface area contributed by atoms with Gasteiger partial charge in [0.05, 0.1) is 34.0 Å². The van der Waals surface area contributed by atoms with Crippen molar-refractivity contribution in [2.24, 2.45) is 0 Å². The predicted molar refractivity (Wildman–Crippen MR) is 224 cm³/mol. The minimum absolute atomic E-state index is 0.0543. The number of nitrogens with zero attached hydrogens (tertiary/aromatic N) is 1. The van der Waals surface area contributed by atoms with Gasteiger partial charge in [0.25, 0.3) is 0 Å². The molecule has 0 spiro atoms. The quantitative estimate of drug-likeness (QED) is 0.0217. The first-order valence-electron chi connectivity index (χ1n) is 22.5. The third-order valence-corrected chi connectivity index (χ3v) is 10.9. The molecule has 9 heteroatoms. The fourth-order valence-corrected chi connectivity index (χ4v) is 7.14. The molecule has 0 saturated heterocycles. The lowest BCUT2D eigenvalue weighted by Gasteiger charge is -2.24. The molecule has 2 atom stereocenters. The van der Waals surface area contributed by atoms with E-state index in [1.54, 1.807) is 6.26 Å². The zero-order valence-electron chi connectivity index (χ0n) is 35.8. The molecule has 0 bridgehead atoms. The summed E-state index contributed by atoms with van der Waals surface area (Å²) in [5, 5.41) is 0. The Morgan fingerprint density at radius 3 is 1.40 bits per heavy atom. The smallest absolute Gasteiger partial charge is 0.472 e. The third-order valence-electron chi connectivity index (χ3n) is 9.92. The van der Waals surface area contributed by atoms with Crippen molar-refractivity contribution in [1.82, 2.24) is 0 Å². The lowest BCUT2D eigenvalue weighted by Crippen LogP contribution is -2.37. The van der Waals surface area contributed by atoms with E-state index in [2.05, 4.69) is 13.8 Å². The Hall–Kier alpha value is -0.920. The van der Waals surface area contributed by atoms with Gasteiger partial charge in [-0.3, -0.25) is 13.8 Å². The van der Waals surface area contributed by atoms with Crippen molar-refractivity contribution in [2.45, 2.75) is 219 Å². The Kier molecular flexibility index (Phi) is 37.3. The van der Waals surface area contributed by atoms with Gasteiger partial charge in [0, 0.05) is 6.42 Å². The number of hydrogen-bond acceptors (Lipinski definition) is 6. The number of carbonyl (C=O) groups is 1. The maximum Gasteiger partial charge on any atom is 0.472 e. The molecule has 1 N–H and O–H groups in total. The third kappa shape index (κ3) is 42.1. The lowest BCUT2D eigenvalue weighted by atomic mass is 10.0. The molecule has 0 fully saturated rings. The molecule has 0 aliphatic carbocycles. The van der Waals surface area contributed by atoms with E-state index in [0.29, 0.717) is 17.4 Å². The van der Waals surface area contributed by atoms with Gasteiger partial charge in [0.1, 0.15) is 19.8 Å². The molecule has 0 aromatic carbocycles. The minimum atomic E-state index is -4.28. The monoisotopic (exact) mass is 775 g/mol. The number of hydrogen-bond donors (Lipinski definition) is 1. The highest BCUT2D eigenvalue weighted by Gasteiger charge is 2.26. The standard InChI is InChI=1S/C44H88NO7P/c1-6-8-10-12-14-16-18-20-22-24-26-28-30-32-34-36-39-49-41-43(42-51-53(47,48)50-40-38-45(3,4)5)52-44(46)37-35-33-31-29-27-25-23-21-19-17-15-13-11-9-7-2/h36,39,43H,6-35,37-38,40-42H2,1-5H3/p+1/b39-36+/t43-/m1/s1. The largest absolute Gasteiger partial charge is 0.498 e. The lowest BCUT2D eigenvalue weighted by molar-refractivity contribution is -0.870. The van der Waals surface area contributed by atoms with E-state index in [0.717, 1.165) is 32.1 Å². The van der Waals surface area contributed by atoms with E-state index in [1.807, 2.05) is 27.2 Å². The highest BCUT2D eigenvalue weighted by Crippen LogP contribution is 2.43. The number of quaternary nitrogens is 1. The molecular weight excluding hydrogens is 685 g/mol. The summed E-state index contributed by atoms with van der Waals surface area (Å²) >= 11 is 0. The van der Waals surface area contributed by atoms with Crippen LogP contribution in [0.5, 0.6) is 0 Å². The SMILES string of the molecule is CCCCCCCCCCCCCCCC/C=C/OC[C@H](COP(=O)(O)OCC[N+](C)(C)C)OC(=O)CCCCCCCCCCCCCCCCC. The highest BCUT2D eigenvalue weighted by molar-refractivity contribution is 7.47. The van der Waals surface area contributed by atoms with Gasteiger partial charge in [0.15, 0.2) is 6.10 Å². The molecule has 0 radical (unpaired) electrons. The molecule has 0 aliphatic rings. The van der Waals surface area contributed by atoms with Gasteiger partial charge in [-0.05, 0) is 25.3 Å². The van der Waals surface area contributed by atoms with Crippen LogP contribution in [-0.2, 0) is 27.9 Å². The number of phosphoric acid groups is 1. The predicted octanol–water partition coefficient (Wildman–Crippen LogP) is 13.4. The summed E-state index contributed by atoms with van der Waals surface area (Å²) in [5.74, 6) is -0.331. The molecule has 0 aromatic rings. The van der Waals surface area contributed by atoms with Crippen LogP contribution in [0.25, 0.3) is 0 Å². The summed E-state index contributed by atoms with van der Waals surface area (Å²) in [4.78, 5) is 22.9. The van der Waals surface area contributed by atoms with E-state index in [1.165, 1.54) is 161 Å². The average molecular weight is 775 g/mol. The van der Waals surface area contributed by atoms with Gasteiger partial charge >= 0.3 is 13.8 Å². The Morgan fingerprint density at radius 1 is 0.585 bits per heavy atom. The van der Waals surface area contributed by atoms with E-state index in [4.69, 9.17) is 18.5 Å². The summed E-state index contributed by atoms with van der Waals surface area (Å²) in [7, 11) is 1.65. The second-order valence-corrected chi connectivity index (χ2v) is 18.0. The Bertz CT molecular complexity index is 863. The minimum Gasteiger partial charge on any atom is -0.498 e. The molecule has 8 nitrogen and oxygen atoms in total. The molecule has 0 saturated carbocycles. The van der Waals surface area contributed by atoms with Crippen LogP contribution in [0, 0.1) is 0 Å². The Labute approximate surface area is 329 Å². The van der Waals surface area contributed by atoms with Crippen molar-refractivity contribution in [3.63, 3.8) is 0 Å². The zero-order chi connectivity index (χ0) is 39.1. The summed E-state index contributed by atoms with van der Waals surface area (Å²) in [6.07, 6.45) is 41.9. The van der Waals surface area contributed by atoms with Gasteiger partial charge in [-0.25, -0.2) is 4.57 Å². The molecule has 0 amide bonds. The van der Waals surface area contributed by atoms with E-state index in [-0.39, 0.29) is 25.8 Å². The van der Waals surface area contributed by atoms with Crippen LogP contribution in [0.15, 0.2) is 12.3 Å². The first-order valence-corrected chi connectivity index (χ1v) is 24.0. The molecule has 0 heterocycles. The number of phosphoric ester groups is 1. The van der Waals surface area contributed by atoms with Crippen LogP contribution < -0.4 is 0 Å². The fraction of sp³-hybridized carbons (Fsp3) is 0.932. The van der Waals surface area contributed by atoms with Crippen molar-refractivity contribution in [2.75, 3.05) is 47.5 Å². The molecule has 0 aliphatic heterocycles. The van der Waals surface area contributed by atoms with Crippen LogP contribution >= 0.6 is 7.82 Å². The summed E-state index contributed by atoms with van der Waals surface area (Å²) < 4.78 is 34.8. The van der Waals surface area contributed by atoms with Crippen LogP contribution in [0.2, 0.25) is 0 Å². The first-order chi connectivity index (χ1) is 25.6. The Balaban J connectivity index is 4.24. The van der Waals surface area contributed by atoms with Crippen LogP contribution in [0.3, 0.4) is 0 Å². The molecule has 1 unspecified atom stereocenters. The van der Waals surface area contributed by atoms with Gasteiger partial charge < -0.3 is 18.9 Å². The number of unbranched alkanes of at least 4 members (excludes halogenated alkanes) is 28. The van der Waals surface area contributed by atoms with Crippen LogP contribution in [0.1, 0.15) is 213 Å². The van der Waals surface area contributed by atoms with Crippen molar-refractivity contribution in [3.05, 3.63) is 12.3 Å². The number of likely N-dealkylation sites (N-methyl/N-ethyl adjacent to an activating group) is 1. The van der Waals surface area contributed by atoms with Crippen molar-refractivity contribution in [3.8, 4) is 0 Å². The van der Waals surface area contributed by atoms with Gasteiger partial charge in [-0.1, -0.05) is 187 Å². The highest BCUT2D eigenvalue weighted by atomic mass is 31.2. The van der Waals surface area contributed by atoms with Crippen molar-refractivity contribution >= 4 is 13.8 Å². The second-order valence-electron chi connectivity index (χ2n) is 16.5. The average Bonchev–Trinajstić information content (AvgIpc) is 3.11. The number of rotatable bonds is 42. The summed E-state index contributed by atoms with van der Waals surface area (Å²) in [6.45, 7) is 4.97. The van der Waals surface area contributed by atoms with Gasteiger partial charge in [-0.2, -0.15) is 0 Å². The summed E-state index contributed by atoms with van der Waals surface area (Å²) in [5.41, 5.74) is 0. The summed E-state index contributed by atoms with van der Waals surface area (Å²) in [6, 6.07) is 0. The molecule has 316 valence electrons. The maximum absolute atomic E-state index is 12.7. The molecule has 0 rings (SSSR count).